The number of hydrogen-bond acceptors (Lipinski definition) is 2. The summed E-state index contributed by atoms with van der Waals surface area (Å²) in [4.78, 5) is 0. The van der Waals surface area contributed by atoms with Gasteiger partial charge >= 0.3 is 0 Å². The minimum Gasteiger partial charge on any atom is -0.481 e. The van der Waals surface area contributed by atoms with E-state index in [0.717, 1.165) is 22.6 Å². The van der Waals surface area contributed by atoms with Gasteiger partial charge in [-0.05, 0) is 30.7 Å². The highest BCUT2D eigenvalue weighted by molar-refractivity contribution is 6.31. The van der Waals surface area contributed by atoms with Crippen LogP contribution in [0.2, 0.25) is 5.02 Å². The van der Waals surface area contributed by atoms with Gasteiger partial charge in [-0.3, -0.25) is 0 Å². The highest BCUT2D eigenvalue weighted by atomic mass is 35.5. The molecule has 1 aliphatic heterocycles. The summed E-state index contributed by atoms with van der Waals surface area (Å²) < 4.78 is 19.1. The molecule has 0 spiro atoms. The van der Waals surface area contributed by atoms with Crippen LogP contribution in [0, 0.1) is 12.7 Å². The van der Waals surface area contributed by atoms with Gasteiger partial charge in [0.25, 0.3) is 0 Å². The molecule has 1 N–H and O–H groups in total. The molecule has 2 nitrogen and oxygen atoms in total. The molecule has 2 aromatic carbocycles. The van der Waals surface area contributed by atoms with Crippen LogP contribution in [0.3, 0.4) is 0 Å². The zero-order valence-electron chi connectivity index (χ0n) is 10.4. The third kappa shape index (κ3) is 2.26. The Labute approximate surface area is 116 Å². The van der Waals surface area contributed by atoms with E-state index in [2.05, 4.69) is 5.32 Å². The molecule has 0 bridgehead atoms. The van der Waals surface area contributed by atoms with Gasteiger partial charge in [0.1, 0.15) is 17.7 Å². The van der Waals surface area contributed by atoms with E-state index in [1.807, 2.05) is 25.1 Å². The Hall–Kier alpha value is -1.74. The number of halogens is 2. The van der Waals surface area contributed by atoms with Crippen LogP contribution in [0.1, 0.15) is 17.2 Å². The monoisotopic (exact) mass is 277 g/mol. The number of benzene rings is 2. The first kappa shape index (κ1) is 12.3. The number of ether oxygens (including phenoxy) is 1. The Bertz CT molecular complexity index is 630. The van der Waals surface area contributed by atoms with E-state index in [1.54, 1.807) is 6.07 Å². The van der Waals surface area contributed by atoms with Crippen molar-refractivity contribution in [3.63, 3.8) is 0 Å². The summed E-state index contributed by atoms with van der Waals surface area (Å²) in [5.41, 5.74) is 2.84. The van der Waals surface area contributed by atoms with Crippen molar-refractivity contribution in [2.24, 2.45) is 0 Å². The van der Waals surface area contributed by atoms with Gasteiger partial charge in [0.05, 0.1) is 17.3 Å². The lowest BCUT2D eigenvalue weighted by Gasteiger charge is -2.29. The van der Waals surface area contributed by atoms with Gasteiger partial charge in [-0.2, -0.15) is 0 Å². The van der Waals surface area contributed by atoms with E-state index in [9.17, 15) is 4.39 Å². The Morgan fingerprint density at radius 3 is 2.95 bits per heavy atom. The maximum Gasteiger partial charge on any atom is 0.146 e. The predicted molar refractivity (Wildman–Crippen MR) is 74.4 cm³/mol. The van der Waals surface area contributed by atoms with Gasteiger partial charge in [-0.25, -0.2) is 4.39 Å². The molecule has 0 saturated carbocycles. The summed E-state index contributed by atoms with van der Waals surface area (Å²) in [6.45, 7) is 2.61. The lowest BCUT2D eigenvalue weighted by molar-refractivity contribution is 0.209. The van der Waals surface area contributed by atoms with Gasteiger partial charge < -0.3 is 10.1 Å². The van der Waals surface area contributed by atoms with Crippen LogP contribution >= 0.6 is 11.6 Å². The molecule has 0 aliphatic carbocycles. The molecule has 3 rings (SSSR count). The van der Waals surface area contributed by atoms with Crippen LogP contribution in [0.15, 0.2) is 36.4 Å². The molecule has 0 amide bonds. The first-order valence-electron chi connectivity index (χ1n) is 6.10. The minimum absolute atomic E-state index is 0.207. The Balaban J connectivity index is 1.95. The number of aryl methyl sites for hydroxylation is 1. The smallest absolute Gasteiger partial charge is 0.146 e. The first-order chi connectivity index (χ1) is 9.15. The second-order valence-corrected chi connectivity index (χ2v) is 5.01. The average Bonchev–Trinajstić information content (AvgIpc) is 2.39. The number of rotatable bonds is 1. The third-order valence-electron chi connectivity index (χ3n) is 3.26. The van der Waals surface area contributed by atoms with Crippen molar-refractivity contribution < 1.29 is 9.13 Å². The molecule has 0 fully saturated rings. The summed E-state index contributed by atoms with van der Waals surface area (Å²) in [7, 11) is 0. The van der Waals surface area contributed by atoms with Crippen LogP contribution in [-0.4, -0.2) is 6.54 Å². The molecule has 4 heteroatoms. The molecule has 0 radical (unpaired) electrons. The third-order valence-corrected chi connectivity index (χ3v) is 3.59. The number of nitrogens with one attached hydrogen (secondary N) is 1. The molecule has 2 aromatic rings. The second kappa shape index (κ2) is 4.74. The molecule has 0 saturated heterocycles. The van der Waals surface area contributed by atoms with Gasteiger partial charge in [0.15, 0.2) is 0 Å². The lowest BCUT2D eigenvalue weighted by atomic mass is 10.1. The van der Waals surface area contributed by atoms with E-state index in [-0.39, 0.29) is 11.9 Å². The Kier molecular flexibility index (Phi) is 3.07. The fourth-order valence-electron chi connectivity index (χ4n) is 2.27. The molecule has 1 aliphatic rings. The van der Waals surface area contributed by atoms with Crippen molar-refractivity contribution in [1.29, 1.82) is 0 Å². The number of anilines is 1. The zero-order chi connectivity index (χ0) is 13.4. The van der Waals surface area contributed by atoms with E-state index in [4.69, 9.17) is 16.3 Å². The van der Waals surface area contributed by atoms with Gasteiger partial charge in [0, 0.05) is 5.56 Å². The molecule has 98 valence electrons. The first-order valence-corrected chi connectivity index (χ1v) is 6.48. The summed E-state index contributed by atoms with van der Waals surface area (Å²) in [6.07, 6.45) is -0.207. The van der Waals surface area contributed by atoms with Crippen LogP contribution in [0.25, 0.3) is 0 Å². The molecule has 1 heterocycles. The summed E-state index contributed by atoms with van der Waals surface area (Å²) >= 11 is 6.08. The van der Waals surface area contributed by atoms with Crippen molar-refractivity contribution in [2.75, 3.05) is 11.9 Å². The summed E-state index contributed by atoms with van der Waals surface area (Å²) in [5.74, 6) is 0.494. The summed E-state index contributed by atoms with van der Waals surface area (Å²) in [5, 5.41) is 3.71. The fourth-order valence-corrected chi connectivity index (χ4v) is 2.56. The Morgan fingerprint density at radius 2 is 2.16 bits per heavy atom. The number of para-hydroxylation sites is 1. The van der Waals surface area contributed by atoms with Gasteiger partial charge in [0.2, 0.25) is 0 Å². The zero-order valence-corrected chi connectivity index (χ0v) is 11.2. The largest absolute Gasteiger partial charge is 0.481 e. The van der Waals surface area contributed by atoms with Gasteiger partial charge in [-0.15, -0.1) is 0 Å². The van der Waals surface area contributed by atoms with Crippen LogP contribution in [-0.2, 0) is 0 Å². The van der Waals surface area contributed by atoms with Crippen molar-refractivity contribution in [3.05, 3.63) is 58.4 Å². The van der Waals surface area contributed by atoms with Crippen molar-refractivity contribution in [3.8, 4) is 5.75 Å². The van der Waals surface area contributed by atoms with E-state index in [1.165, 1.54) is 12.1 Å². The van der Waals surface area contributed by atoms with Gasteiger partial charge in [-0.1, -0.05) is 29.8 Å². The highest BCUT2D eigenvalue weighted by Crippen LogP contribution is 2.38. The standard InChI is InChI=1S/C15H13ClFNO/c1-9-3-2-4-13-15(9)19-14(8-18-13)11-6-5-10(17)7-12(11)16/h2-7,14,18H,8H2,1H3. The Morgan fingerprint density at radius 1 is 1.32 bits per heavy atom. The average molecular weight is 278 g/mol. The second-order valence-electron chi connectivity index (χ2n) is 4.60. The highest BCUT2D eigenvalue weighted by Gasteiger charge is 2.23. The van der Waals surface area contributed by atoms with E-state index in [0.29, 0.717) is 11.6 Å². The van der Waals surface area contributed by atoms with Crippen LogP contribution in [0.4, 0.5) is 10.1 Å². The van der Waals surface area contributed by atoms with Crippen molar-refractivity contribution in [1.82, 2.24) is 0 Å². The predicted octanol–water partition coefficient (Wildman–Crippen LogP) is 4.33. The normalized spacial score (nSPS) is 17.3. The SMILES string of the molecule is Cc1cccc2c1OC(c1ccc(F)cc1Cl)CN2. The van der Waals surface area contributed by atoms with Crippen LogP contribution in [0.5, 0.6) is 5.75 Å². The number of fused-ring (bicyclic) bond motifs is 1. The van der Waals surface area contributed by atoms with E-state index >= 15 is 0 Å². The maximum atomic E-state index is 13.1. The van der Waals surface area contributed by atoms with Crippen molar-refractivity contribution >= 4 is 17.3 Å². The number of hydrogen-bond donors (Lipinski definition) is 1. The topological polar surface area (TPSA) is 21.3 Å². The minimum atomic E-state index is -0.339. The lowest BCUT2D eigenvalue weighted by Crippen LogP contribution is -2.24. The molecule has 0 aromatic heterocycles. The molecular formula is C15H13ClFNO. The van der Waals surface area contributed by atoms with E-state index < -0.39 is 0 Å². The summed E-state index contributed by atoms with van der Waals surface area (Å²) in [6, 6.07) is 10.3. The molecule has 1 unspecified atom stereocenters. The molecule has 19 heavy (non-hydrogen) atoms. The van der Waals surface area contributed by atoms with Crippen molar-refractivity contribution in [2.45, 2.75) is 13.0 Å². The fraction of sp³-hybridized carbons (Fsp3) is 0.200. The van der Waals surface area contributed by atoms with Crippen LogP contribution < -0.4 is 10.1 Å². The molecule has 1 atom stereocenters. The maximum absolute atomic E-state index is 13.1. The quantitative estimate of drug-likeness (QED) is 0.837. The molecular weight excluding hydrogens is 265 g/mol.